The fraction of sp³-hybridized carbons (Fsp3) is 0.167. The van der Waals surface area contributed by atoms with E-state index in [4.69, 9.17) is 9.47 Å². The van der Waals surface area contributed by atoms with Crippen LogP contribution in [0.2, 0.25) is 0 Å². The minimum absolute atomic E-state index is 0.0586. The van der Waals surface area contributed by atoms with Gasteiger partial charge in [-0.15, -0.1) is 0 Å². The number of rotatable bonds is 10. The molecule has 0 aliphatic rings. The molecule has 0 saturated heterocycles. The summed E-state index contributed by atoms with van der Waals surface area (Å²) in [5.74, 6) is 0.706. The van der Waals surface area contributed by atoms with Gasteiger partial charge in [-0.05, 0) is 48.5 Å². The lowest BCUT2D eigenvalue weighted by Crippen LogP contribution is -2.22. The average molecular weight is 420 g/mol. The summed E-state index contributed by atoms with van der Waals surface area (Å²) in [6, 6.07) is 23.4. The van der Waals surface area contributed by atoms with Gasteiger partial charge in [-0.3, -0.25) is 4.79 Å². The highest BCUT2D eigenvalue weighted by Gasteiger charge is 2.09. The van der Waals surface area contributed by atoms with E-state index in [1.54, 1.807) is 36.4 Å². The predicted molar refractivity (Wildman–Crippen MR) is 119 cm³/mol. The van der Waals surface area contributed by atoms with Crippen molar-refractivity contribution in [3.8, 4) is 11.5 Å². The molecule has 3 aromatic rings. The number of carbonyl (C=O) groups is 2. The largest absolute Gasteiger partial charge is 0.490 e. The Kier molecular flexibility index (Phi) is 7.88. The molecule has 7 heteroatoms. The van der Waals surface area contributed by atoms with E-state index in [0.717, 1.165) is 5.75 Å². The maximum Gasteiger partial charge on any atom is 0.337 e. The van der Waals surface area contributed by atoms with E-state index in [1.807, 2.05) is 42.5 Å². The number of esters is 1. The third-order valence-corrected chi connectivity index (χ3v) is 4.27. The number of amides is 1. The smallest absolute Gasteiger partial charge is 0.337 e. The fourth-order valence-corrected chi connectivity index (χ4v) is 2.74. The van der Waals surface area contributed by atoms with Gasteiger partial charge in [0.05, 0.1) is 24.9 Å². The quantitative estimate of drug-likeness (QED) is 0.381. The first kappa shape index (κ1) is 21.7. The molecule has 1 amide bonds. The lowest BCUT2D eigenvalue weighted by Gasteiger charge is -2.13. The molecule has 0 unspecified atom stereocenters. The van der Waals surface area contributed by atoms with Gasteiger partial charge in [-0.1, -0.05) is 30.3 Å². The number of para-hydroxylation sites is 3. The summed E-state index contributed by atoms with van der Waals surface area (Å²) in [6.07, 6.45) is 0. The minimum Gasteiger partial charge on any atom is -0.490 e. The van der Waals surface area contributed by atoms with Crippen LogP contribution in [0, 0.1) is 0 Å². The van der Waals surface area contributed by atoms with Crippen molar-refractivity contribution in [1.82, 2.24) is 0 Å². The first-order valence-electron chi connectivity index (χ1n) is 9.77. The van der Waals surface area contributed by atoms with Crippen molar-refractivity contribution in [1.29, 1.82) is 0 Å². The van der Waals surface area contributed by atoms with Crippen LogP contribution in [0.15, 0.2) is 78.9 Å². The molecule has 0 fully saturated rings. The summed E-state index contributed by atoms with van der Waals surface area (Å²) in [4.78, 5) is 23.8. The molecule has 0 aliphatic carbocycles. The van der Waals surface area contributed by atoms with Gasteiger partial charge in [0.25, 0.3) is 0 Å². The number of hydrogen-bond acceptors (Lipinski definition) is 6. The standard InChI is InChI=1S/C24H24N2O5/c1-29-24(28)18-11-13-19(14-12-18)25-17-23(27)26-21-9-5-6-10-22(21)31-16-15-30-20-7-3-2-4-8-20/h2-14,25H,15-17H2,1H3,(H,26,27). The second-order valence-corrected chi connectivity index (χ2v) is 6.48. The zero-order valence-electron chi connectivity index (χ0n) is 17.2. The van der Waals surface area contributed by atoms with Gasteiger partial charge in [0.2, 0.25) is 5.91 Å². The molecule has 31 heavy (non-hydrogen) atoms. The second-order valence-electron chi connectivity index (χ2n) is 6.48. The summed E-state index contributed by atoms with van der Waals surface area (Å²) in [7, 11) is 1.33. The van der Waals surface area contributed by atoms with Crippen LogP contribution < -0.4 is 20.1 Å². The van der Waals surface area contributed by atoms with Crippen molar-refractivity contribution in [2.45, 2.75) is 0 Å². The molecule has 0 bridgehead atoms. The van der Waals surface area contributed by atoms with Gasteiger partial charge in [0.15, 0.2) is 0 Å². The summed E-state index contributed by atoms with van der Waals surface area (Å²) < 4.78 is 16.0. The maximum absolute atomic E-state index is 12.3. The van der Waals surface area contributed by atoms with Crippen LogP contribution in [0.4, 0.5) is 11.4 Å². The van der Waals surface area contributed by atoms with Gasteiger partial charge >= 0.3 is 5.97 Å². The van der Waals surface area contributed by atoms with Crippen molar-refractivity contribution >= 4 is 23.3 Å². The van der Waals surface area contributed by atoms with E-state index in [1.165, 1.54) is 7.11 Å². The van der Waals surface area contributed by atoms with Gasteiger partial charge in [0.1, 0.15) is 24.7 Å². The van der Waals surface area contributed by atoms with Crippen molar-refractivity contribution in [2.24, 2.45) is 0 Å². The fourth-order valence-electron chi connectivity index (χ4n) is 2.74. The van der Waals surface area contributed by atoms with E-state index >= 15 is 0 Å². The van der Waals surface area contributed by atoms with Crippen LogP contribution >= 0.6 is 0 Å². The van der Waals surface area contributed by atoms with E-state index in [0.29, 0.717) is 35.9 Å². The molecule has 0 radical (unpaired) electrons. The van der Waals surface area contributed by atoms with Crippen LogP contribution in [-0.2, 0) is 9.53 Å². The van der Waals surface area contributed by atoms with Crippen molar-refractivity contribution in [2.75, 3.05) is 37.5 Å². The number of carbonyl (C=O) groups excluding carboxylic acids is 2. The van der Waals surface area contributed by atoms with Crippen molar-refractivity contribution < 1.29 is 23.8 Å². The Hall–Kier alpha value is -4.00. The molecule has 0 atom stereocenters. The third kappa shape index (κ3) is 6.78. The zero-order chi connectivity index (χ0) is 21.9. The van der Waals surface area contributed by atoms with Crippen LogP contribution in [-0.4, -0.2) is 38.7 Å². The molecule has 0 aliphatic heterocycles. The molecule has 2 N–H and O–H groups in total. The topological polar surface area (TPSA) is 85.9 Å². The van der Waals surface area contributed by atoms with Gasteiger partial charge in [0, 0.05) is 5.69 Å². The van der Waals surface area contributed by atoms with Gasteiger partial charge in [-0.25, -0.2) is 4.79 Å². The molecular weight excluding hydrogens is 396 g/mol. The number of hydrogen-bond donors (Lipinski definition) is 2. The number of nitrogens with one attached hydrogen (secondary N) is 2. The van der Waals surface area contributed by atoms with Gasteiger partial charge < -0.3 is 24.8 Å². The Morgan fingerprint density at radius 3 is 2.23 bits per heavy atom. The predicted octanol–water partition coefficient (Wildman–Crippen LogP) is 3.98. The molecule has 3 aromatic carbocycles. The van der Waals surface area contributed by atoms with Gasteiger partial charge in [-0.2, -0.15) is 0 Å². The Morgan fingerprint density at radius 1 is 0.806 bits per heavy atom. The molecule has 0 spiro atoms. The van der Waals surface area contributed by atoms with Crippen LogP contribution in [0.1, 0.15) is 10.4 Å². The third-order valence-electron chi connectivity index (χ3n) is 4.27. The van der Waals surface area contributed by atoms with E-state index < -0.39 is 5.97 Å². The second kappa shape index (κ2) is 11.3. The molecule has 160 valence electrons. The molecule has 3 rings (SSSR count). The van der Waals surface area contributed by atoms with E-state index in [9.17, 15) is 9.59 Å². The van der Waals surface area contributed by atoms with Crippen molar-refractivity contribution in [3.05, 3.63) is 84.4 Å². The Labute approximate surface area is 180 Å². The Balaban J connectivity index is 1.47. The summed E-state index contributed by atoms with van der Waals surface area (Å²) >= 11 is 0. The summed E-state index contributed by atoms with van der Waals surface area (Å²) in [5.41, 5.74) is 1.74. The highest BCUT2D eigenvalue weighted by molar-refractivity contribution is 5.95. The first-order chi connectivity index (χ1) is 15.2. The Bertz CT molecular complexity index is 990. The summed E-state index contributed by atoms with van der Waals surface area (Å²) in [5, 5.41) is 5.85. The van der Waals surface area contributed by atoms with Crippen LogP contribution in [0.25, 0.3) is 0 Å². The normalized spacial score (nSPS) is 10.1. The highest BCUT2D eigenvalue weighted by atomic mass is 16.5. The van der Waals surface area contributed by atoms with Crippen LogP contribution in [0.5, 0.6) is 11.5 Å². The molecular formula is C24H24N2O5. The van der Waals surface area contributed by atoms with Crippen LogP contribution in [0.3, 0.4) is 0 Å². The number of benzene rings is 3. The van der Waals surface area contributed by atoms with E-state index in [2.05, 4.69) is 15.4 Å². The lowest BCUT2D eigenvalue weighted by molar-refractivity contribution is -0.114. The minimum atomic E-state index is -0.407. The Morgan fingerprint density at radius 2 is 1.48 bits per heavy atom. The lowest BCUT2D eigenvalue weighted by atomic mass is 10.2. The SMILES string of the molecule is COC(=O)c1ccc(NCC(=O)Nc2ccccc2OCCOc2ccccc2)cc1. The molecule has 0 aromatic heterocycles. The monoisotopic (exact) mass is 420 g/mol. The molecule has 7 nitrogen and oxygen atoms in total. The first-order valence-corrected chi connectivity index (χ1v) is 9.77. The highest BCUT2D eigenvalue weighted by Crippen LogP contribution is 2.23. The number of anilines is 2. The molecule has 0 heterocycles. The summed E-state index contributed by atoms with van der Waals surface area (Å²) in [6.45, 7) is 0.783. The maximum atomic E-state index is 12.3. The zero-order valence-corrected chi connectivity index (χ0v) is 17.2. The number of ether oxygens (including phenoxy) is 3. The molecule has 0 saturated carbocycles. The number of methoxy groups -OCH3 is 1. The van der Waals surface area contributed by atoms with E-state index in [-0.39, 0.29) is 12.5 Å². The van der Waals surface area contributed by atoms with Crippen molar-refractivity contribution in [3.63, 3.8) is 0 Å². The average Bonchev–Trinajstić information content (AvgIpc) is 2.82.